The molecule has 0 aliphatic carbocycles. The zero-order valence-electron chi connectivity index (χ0n) is 2.95. The Kier molecular flexibility index (Phi) is 15.9. The Morgan fingerprint density at radius 3 is 2.00 bits per heavy atom. The van der Waals surface area contributed by atoms with Crippen molar-refractivity contribution in [2.45, 2.75) is 13.3 Å². The van der Waals surface area contributed by atoms with Gasteiger partial charge in [0.2, 0.25) is 0 Å². The molecule has 0 unspecified atom stereocenters. The van der Waals surface area contributed by atoms with Gasteiger partial charge in [0.05, 0.1) is 0 Å². The fourth-order valence-electron chi connectivity index (χ4n) is 0. The summed E-state index contributed by atoms with van der Waals surface area (Å²) in [7, 11) is 0. The van der Waals surface area contributed by atoms with Crippen molar-refractivity contribution in [1.82, 2.24) is 0 Å². The van der Waals surface area contributed by atoms with Crippen molar-refractivity contribution in [2.24, 2.45) is 0 Å². The molecule has 0 aliphatic rings. The van der Waals surface area contributed by atoms with Crippen molar-refractivity contribution in [3.05, 3.63) is 0 Å². The Morgan fingerprint density at radius 1 is 1.80 bits per heavy atom. The molecule has 0 N–H and O–H groups in total. The van der Waals surface area contributed by atoms with Crippen LogP contribution in [0, 0.1) is 0 Å². The Hall–Kier alpha value is 0.293. The molecule has 0 saturated heterocycles. The zero-order valence-corrected chi connectivity index (χ0v) is 4.59. The molecule has 0 bridgehead atoms. The summed E-state index contributed by atoms with van der Waals surface area (Å²) in [6.45, 7) is 1.76. The molecule has 0 saturated carbocycles. The van der Waals surface area contributed by atoms with Crippen molar-refractivity contribution >= 4 is 6.29 Å². The van der Waals surface area contributed by atoms with Crippen LogP contribution in [0.15, 0.2) is 0 Å². The van der Waals surface area contributed by atoms with Crippen molar-refractivity contribution in [1.29, 1.82) is 0 Å². The first-order valence-corrected chi connectivity index (χ1v) is 1.26. The molecule has 1 nitrogen and oxygen atoms in total. The maximum Gasteiger partial charge on any atom is 2.00 e. The van der Waals surface area contributed by atoms with Gasteiger partial charge in [-0.2, -0.15) is 6.42 Å². The molecule has 0 atom stereocenters. The van der Waals surface area contributed by atoms with Crippen molar-refractivity contribution in [3.8, 4) is 0 Å². The monoisotopic (exact) mass is 160 g/mol. The molecular formula is C3H5ORh+. The van der Waals surface area contributed by atoms with Gasteiger partial charge in [-0.05, 0) is 0 Å². The molecule has 0 rings (SSSR count). The minimum atomic E-state index is 0. The van der Waals surface area contributed by atoms with Crippen LogP contribution in [0.5, 0.6) is 0 Å². The normalized spacial score (nSPS) is 5.00. The van der Waals surface area contributed by atoms with Crippen LogP contribution in [0.25, 0.3) is 0 Å². The molecule has 0 amide bonds. The van der Waals surface area contributed by atoms with Gasteiger partial charge < -0.3 is 4.79 Å². The molecule has 0 aromatic rings. The summed E-state index contributed by atoms with van der Waals surface area (Å²) in [5, 5.41) is 0. The van der Waals surface area contributed by atoms with Gasteiger partial charge in [0.15, 0.2) is 0 Å². The van der Waals surface area contributed by atoms with E-state index in [1.54, 1.807) is 13.2 Å². The molecule has 0 spiro atoms. The third-order valence-electron chi connectivity index (χ3n) is 0.144. The number of hydrogen-bond acceptors (Lipinski definition) is 1. The fraction of sp³-hybridized carbons (Fsp3) is 0.667. The summed E-state index contributed by atoms with van der Waals surface area (Å²) in [6.07, 6.45) is 2.19. The summed E-state index contributed by atoms with van der Waals surface area (Å²) < 4.78 is 0. The van der Waals surface area contributed by atoms with Gasteiger partial charge in [-0.25, -0.2) is 0 Å². The second kappa shape index (κ2) is 8.85. The Balaban J connectivity index is 0. The maximum atomic E-state index is 9.05. The average Bonchev–Trinajstić information content (AvgIpc) is 1.37. The van der Waals surface area contributed by atoms with E-state index in [2.05, 4.69) is 0 Å². The van der Waals surface area contributed by atoms with Crippen LogP contribution in [0.4, 0.5) is 0 Å². The van der Waals surface area contributed by atoms with Crippen molar-refractivity contribution < 1.29 is 24.3 Å². The molecule has 5 heavy (non-hydrogen) atoms. The Bertz CT molecular complexity index is 20.9. The van der Waals surface area contributed by atoms with Crippen LogP contribution in [-0.2, 0) is 24.3 Å². The van der Waals surface area contributed by atoms with Crippen LogP contribution < -0.4 is 0 Å². The molecule has 0 heterocycles. The van der Waals surface area contributed by atoms with Crippen LogP contribution in [0.3, 0.4) is 0 Å². The minimum absolute atomic E-state index is 0. The summed E-state index contributed by atoms with van der Waals surface area (Å²) in [5.74, 6) is 0. The summed E-state index contributed by atoms with van der Waals surface area (Å²) in [5.41, 5.74) is 0. The van der Waals surface area contributed by atoms with Gasteiger partial charge in [0, 0.05) is 0 Å². The van der Waals surface area contributed by atoms with Gasteiger partial charge in [0.1, 0.15) is 0 Å². The molecule has 1 radical (unpaired) electrons. The molecule has 0 fully saturated rings. The molecule has 0 aromatic carbocycles. The largest absolute Gasteiger partial charge is 2.00 e. The van der Waals surface area contributed by atoms with Gasteiger partial charge in [0.25, 0.3) is 0 Å². The van der Waals surface area contributed by atoms with E-state index in [0.29, 0.717) is 6.42 Å². The number of rotatable bonds is 1. The predicted octanol–water partition coefficient (Wildman–Crippen LogP) is 0.504. The molecule has 2 heteroatoms. The Labute approximate surface area is 44.5 Å². The number of carbonyl (C=O) groups excluding carboxylic acids is 1. The van der Waals surface area contributed by atoms with E-state index in [1.807, 2.05) is 0 Å². The predicted molar refractivity (Wildman–Crippen MR) is 16.0 cm³/mol. The van der Waals surface area contributed by atoms with E-state index in [1.165, 1.54) is 0 Å². The van der Waals surface area contributed by atoms with Gasteiger partial charge >= 0.3 is 19.5 Å². The summed E-state index contributed by atoms with van der Waals surface area (Å²) >= 11 is 0. The third-order valence-corrected chi connectivity index (χ3v) is 0.144. The molecule has 0 aromatic heterocycles. The van der Waals surface area contributed by atoms with Crippen molar-refractivity contribution in [3.63, 3.8) is 0 Å². The van der Waals surface area contributed by atoms with E-state index in [-0.39, 0.29) is 19.5 Å². The first-order valence-electron chi connectivity index (χ1n) is 1.26. The van der Waals surface area contributed by atoms with Crippen LogP contribution in [-0.4, -0.2) is 6.29 Å². The van der Waals surface area contributed by atoms with Crippen LogP contribution in [0.1, 0.15) is 13.3 Å². The standard InChI is InChI=1S/C3H5O.Rh/c1-2-3-4;/h2H2,1H3;/q-1;+2. The van der Waals surface area contributed by atoms with Crippen LogP contribution >= 0.6 is 0 Å². The second-order valence-corrected chi connectivity index (χ2v) is 0.498. The van der Waals surface area contributed by atoms with E-state index < -0.39 is 0 Å². The molecule has 31 valence electrons. The van der Waals surface area contributed by atoms with E-state index in [0.717, 1.165) is 0 Å². The minimum Gasteiger partial charge on any atom is -0.542 e. The Morgan fingerprint density at radius 2 is 2.00 bits per heavy atom. The fourth-order valence-corrected chi connectivity index (χ4v) is 0. The topological polar surface area (TPSA) is 17.1 Å². The van der Waals surface area contributed by atoms with Crippen LogP contribution in [0.2, 0.25) is 0 Å². The SMILES string of the molecule is CC[C-]=O.[Rh+2]. The molecule has 0 aliphatic heterocycles. The van der Waals surface area contributed by atoms with E-state index in [4.69, 9.17) is 4.79 Å². The quantitative estimate of drug-likeness (QED) is 0.403. The smallest absolute Gasteiger partial charge is 0.542 e. The maximum absolute atomic E-state index is 9.05. The second-order valence-electron chi connectivity index (χ2n) is 0.498. The van der Waals surface area contributed by atoms with E-state index in [9.17, 15) is 0 Å². The van der Waals surface area contributed by atoms with Gasteiger partial charge in [-0.1, -0.05) is 6.92 Å². The average molecular weight is 160 g/mol. The van der Waals surface area contributed by atoms with Crippen molar-refractivity contribution in [2.75, 3.05) is 0 Å². The first-order chi connectivity index (χ1) is 1.91. The summed E-state index contributed by atoms with van der Waals surface area (Å²) in [4.78, 5) is 9.05. The summed E-state index contributed by atoms with van der Waals surface area (Å²) in [6, 6.07) is 0. The van der Waals surface area contributed by atoms with Gasteiger partial charge in [-0.3, -0.25) is 6.29 Å². The third kappa shape index (κ3) is 13.5. The zero-order chi connectivity index (χ0) is 3.41. The first kappa shape index (κ1) is 9.00. The molecular weight excluding hydrogens is 155 g/mol. The van der Waals surface area contributed by atoms with Gasteiger partial charge in [-0.15, -0.1) is 0 Å². The van der Waals surface area contributed by atoms with E-state index >= 15 is 0 Å². The number of hydrogen-bond donors (Lipinski definition) is 0.